The fraction of sp³-hybridized carbons (Fsp3) is 0.308. The van der Waals surface area contributed by atoms with Crippen molar-refractivity contribution in [2.75, 3.05) is 29.9 Å². The molecule has 0 radical (unpaired) electrons. The van der Waals surface area contributed by atoms with Crippen LogP contribution in [0.2, 0.25) is 0 Å². The molecule has 3 heterocycles. The summed E-state index contributed by atoms with van der Waals surface area (Å²) in [5.41, 5.74) is 0.532. The van der Waals surface area contributed by atoms with Crippen molar-refractivity contribution in [1.29, 1.82) is 0 Å². The van der Waals surface area contributed by atoms with E-state index >= 15 is 8.78 Å². The molecule has 3 N–H and O–H groups in total. The van der Waals surface area contributed by atoms with E-state index in [9.17, 15) is 10.2 Å². The predicted octanol–water partition coefficient (Wildman–Crippen LogP) is 4.37. The number of rotatable bonds is 7. The minimum Gasteiger partial charge on any atom is -0.491 e. The van der Waals surface area contributed by atoms with Crippen LogP contribution in [0.4, 0.5) is 20.4 Å². The summed E-state index contributed by atoms with van der Waals surface area (Å²) in [6, 6.07) is 11.2. The van der Waals surface area contributed by atoms with E-state index in [1.807, 2.05) is 38.1 Å². The normalized spacial score (nSPS) is 14.9. The molecule has 194 valence electrons. The van der Waals surface area contributed by atoms with Gasteiger partial charge in [0, 0.05) is 48.1 Å². The maximum atomic E-state index is 15.2. The Morgan fingerprint density at radius 2 is 1.73 bits per heavy atom. The standard InChI is InChI=1S/C26H27F2N5O3S/c1-16(2)36-20-5-3-18(4-6-20)30-25-29-15-17-7-8-33(24(17)31-25)19-13-21(27)23(22(28)14-19)26(34,35)32-9-11-37-12-10-32/h3-8,13-16,34-35H,9-12H2,1-2H3,(H,29,30,31). The number of anilines is 2. The molecule has 0 aliphatic carbocycles. The number of aliphatic hydroxyl groups is 2. The number of hydrogen-bond acceptors (Lipinski definition) is 8. The van der Waals surface area contributed by atoms with Crippen molar-refractivity contribution in [2.24, 2.45) is 0 Å². The second-order valence-corrected chi connectivity index (χ2v) is 10.2. The van der Waals surface area contributed by atoms with Crippen molar-refractivity contribution in [3.8, 4) is 11.4 Å². The zero-order chi connectivity index (χ0) is 26.2. The molecule has 0 unspecified atom stereocenters. The summed E-state index contributed by atoms with van der Waals surface area (Å²) in [6.45, 7) is 4.52. The Kier molecular flexibility index (Phi) is 7.04. The summed E-state index contributed by atoms with van der Waals surface area (Å²) in [4.78, 5) is 10.1. The van der Waals surface area contributed by atoms with Gasteiger partial charge in [-0.05, 0) is 56.3 Å². The lowest BCUT2D eigenvalue weighted by Gasteiger charge is -2.37. The quantitative estimate of drug-likeness (QED) is 0.305. The Labute approximate surface area is 216 Å². The molecule has 8 nitrogen and oxygen atoms in total. The molecule has 0 saturated carbocycles. The van der Waals surface area contributed by atoms with Crippen LogP contribution >= 0.6 is 11.8 Å². The molecule has 1 fully saturated rings. The number of benzene rings is 2. The molecule has 1 saturated heterocycles. The van der Waals surface area contributed by atoms with Crippen LogP contribution in [0.1, 0.15) is 19.4 Å². The fourth-order valence-corrected chi connectivity index (χ4v) is 5.16. The van der Waals surface area contributed by atoms with Crippen LogP contribution in [0.25, 0.3) is 16.7 Å². The second-order valence-electron chi connectivity index (χ2n) is 8.99. The molecule has 2 aromatic heterocycles. The molecule has 2 aromatic carbocycles. The molecular weight excluding hydrogens is 500 g/mol. The molecule has 1 aliphatic rings. The molecule has 0 bridgehead atoms. The number of aromatic nitrogens is 3. The van der Waals surface area contributed by atoms with Gasteiger partial charge in [-0.25, -0.2) is 18.7 Å². The van der Waals surface area contributed by atoms with Crippen molar-refractivity contribution in [3.05, 3.63) is 72.1 Å². The van der Waals surface area contributed by atoms with E-state index in [2.05, 4.69) is 15.3 Å². The van der Waals surface area contributed by atoms with Crippen LogP contribution in [0, 0.1) is 11.6 Å². The van der Waals surface area contributed by atoms with Gasteiger partial charge in [-0.3, -0.25) is 0 Å². The number of fused-ring (bicyclic) bond motifs is 1. The highest BCUT2D eigenvalue weighted by atomic mass is 32.2. The van der Waals surface area contributed by atoms with Gasteiger partial charge < -0.3 is 24.8 Å². The number of nitrogens with zero attached hydrogens (tertiary/aromatic N) is 4. The fourth-order valence-electron chi connectivity index (χ4n) is 4.26. The Balaban J connectivity index is 1.44. The lowest BCUT2D eigenvalue weighted by Crippen LogP contribution is -2.51. The van der Waals surface area contributed by atoms with Crippen molar-refractivity contribution >= 4 is 34.4 Å². The smallest absolute Gasteiger partial charge is 0.259 e. The van der Waals surface area contributed by atoms with Crippen molar-refractivity contribution < 1.29 is 23.7 Å². The maximum absolute atomic E-state index is 15.2. The van der Waals surface area contributed by atoms with Crippen LogP contribution in [0.5, 0.6) is 5.75 Å². The molecule has 0 amide bonds. The third-order valence-electron chi connectivity index (χ3n) is 6.00. The zero-order valence-corrected chi connectivity index (χ0v) is 21.2. The lowest BCUT2D eigenvalue weighted by atomic mass is 10.1. The molecule has 4 aromatic rings. The van der Waals surface area contributed by atoms with Gasteiger partial charge in [0.15, 0.2) is 0 Å². The average molecular weight is 528 g/mol. The SMILES string of the molecule is CC(C)Oc1ccc(Nc2ncc3ccn(-c4cc(F)c(C(O)(O)N5CCSCC5)c(F)c4)c3n2)cc1. The largest absolute Gasteiger partial charge is 0.491 e. The van der Waals surface area contributed by atoms with Gasteiger partial charge in [-0.2, -0.15) is 16.7 Å². The number of thioether (sulfide) groups is 1. The average Bonchev–Trinajstić information content (AvgIpc) is 3.28. The highest BCUT2D eigenvalue weighted by Crippen LogP contribution is 2.32. The minimum absolute atomic E-state index is 0.0659. The van der Waals surface area contributed by atoms with E-state index in [0.29, 0.717) is 41.6 Å². The number of ether oxygens (including phenoxy) is 1. The first-order valence-electron chi connectivity index (χ1n) is 11.9. The minimum atomic E-state index is -2.75. The van der Waals surface area contributed by atoms with Gasteiger partial charge >= 0.3 is 0 Å². The molecule has 11 heteroatoms. The Morgan fingerprint density at radius 3 is 2.38 bits per heavy atom. The zero-order valence-electron chi connectivity index (χ0n) is 20.4. The van der Waals surface area contributed by atoms with Gasteiger partial charge in [0.1, 0.15) is 23.0 Å². The first-order chi connectivity index (χ1) is 17.7. The number of nitrogens with one attached hydrogen (secondary N) is 1. The molecule has 0 atom stereocenters. The van der Waals surface area contributed by atoms with Crippen molar-refractivity contribution in [1.82, 2.24) is 19.4 Å². The monoisotopic (exact) mass is 527 g/mol. The topological polar surface area (TPSA) is 95.7 Å². The molecule has 0 spiro atoms. The van der Waals surface area contributed by atoms with E-state index in [1.165, 1.54) is 9.47 Å². The second kappa shape index (κ2) is 10.3. The summed E-state index contributed by atoms with van der Waals surface area (Å²) in [5, 5.41) is 25.1. The highest BCUT2D eigenvalue weighted by molar-refractivity contribution is 7.99. The summed E-state index contributed by atoms with van der Waals surface area (Å²) < 4.78 is 37.5. The van der Waals surface area contributed by atoms with Crippen LogP contribution in [-0.2, 0) is 5.91 Å². The maximum Gasteiger partial charge on any atom is 0.259 e. The van der Waals surface area contributed by atoms with Gasteiger partial charge in [0.2, 0.25) is 5.95 Å². The van der Waals surface area contributed by atoms with Crippen LogP contribution < -0.4 is 10.1 Å². The molecular formula is C26H27F2N5O3S. The van der Waals surface area contributed by atoms with E-state index < -0.39 is 23.1 Å². The first-order valence-corrected chi connectivity index (χ1v) is 13.0. The van der Waals surface area contributed by atoms with Gasteiger partial charge in [0.25, 0.3) is 5.91 Å². The van der Waals surface area contributed by atoms with E-state index in [4.69, 9.17) is 4.74 Å². The predicted molar refractivity (Wildman–Crippen MR) is 139 cm³/mol. The number of halogens is 2. The van der Waals surface area contributed by atoms with Crippen LogP contribution in [0.3, 0.4) is 0 Å². The van der Waals surface area contributed by atoms with Gasteiger partial charge in [0.05, 0.1) is 17.4 Å². The molecule has 1 aliphatic heterocycles. The third kappa shape index (κ3) is 5.26. The summed E-state index contributed by atoms with van der Waals surface area (Å²) in [7, 11) is 0. The van der Waals surface area contributed by atoms with Crippen LogP contribution in [0.15, 0.2) is 54.9 Å². The van der Waals surface area contributed by atoms with E-state index in [-0.39, 0.29) is 11.8 Å². The molecule has 5 rings (SSSR count). The summed E-state index contributed by atoms with van der Waals surface area (Å²) in [5.74, 6) is -2.53. The van der Waals surface area contributed by atoms with Crippen molar-refractivity contribution in [3.63, 3.8) is 0 Å². The Bertz CT molecular complexity index is 1380. The third-order valence-corrected chi connectivity index (χ3v) is 6.94. The first kappa shape index (κ1) is 25.4. The summed E-state index contributed by atoms with van der Waals surface area (Å²) >= 11 is 1.65. The summed E-state index contributed by atoms with van der Waals surface area (Å²) in [6.07, 6.45) is 3.30. The highest BCUT2D eigenvalue weighted by Gasteiger charge is 2.40. The lowest BCUT2D eigenvalue weighted by molar-refractivity contribution is -0.276. The van der Waals surface area contributed by atoms with Crippen LogP contribution in [-0.4, -0.2) is 60.3 Å². The van der Waals surface area contributed by atoms with Gasteiger partial charge in [-0.15, -0.1) is 0 Å². The number of hydrogen-bond donors (Lipinski definition) is 3. The van der Waals surface area contributed by atoms with E-state index in [1.54, 1.807) is 30.2 Å². The van der Waals surface area contributed by atoms with Crippen molar-refractivity contribution in [2.45, 2.75) is 25.9 Å². The Morgan fingerprint density at radius 1 is 1.05 bits per heavy atom. The molecule has 37 heavy (non-hydrogen) atoms. The van der Waals surface area contributed by atoms with Gasteiger partial charge in [-0.1, -0.05) is 0 Å². The van der Waals surface area contributed by atoms with E-state index in [0.717, 1.165) is 23.6 Å². The Hall–Kier alpha value is -3.25.